The highest BCUT2D eigenvalue weighted by atomic mass is 16.2. The van der Waals surface area contributed by atoms with Gasteiger partial charge in [0.15, 0.2) is 0 Å². The third kappa shape index (κ3) is 3.85. The van der Waals surface area contributed by atoms with Gasteiger partial charge in [0.25, 0.3) is 5.91 Å². The van der Waals surface area contributed by atoms with Crippen LogP contribution in [0, 0.1) is 0 Å². The quantitative estimate of drug-likeness (QED) is 0.802. The topological polar surface area (TPSA) is 49.4 Å². The van der Waals surface area contributed by atoms with Gasteiger partial charge in [-0.05, 0) is 36.6 Å². The maximum atomic E-state index is 12.4. The third-order valence-corrected chi connectivity index (χ3v) is 4.66. The van der Waals surface area contributed by atoms with Crippen molar-refractivity contribution in [3.05, 3.63) is 71.8 Å². The normalized spacial score (nSPS) is 13.0. The smallest absolute Gasteiger partial charge is 0.258 e. The van der Waals surface area contributed by atoms with Gasteiger partial charge in [0.05, 0.1) is 0 Å². The van der Waals surface area contributed by atoms with Crippen molar-refractivity contribution in [2.24, 2.45) is 0 Å². The van der Waals surface area contributed by atoms with Crippen LogP contribution in [0.5, 0.6) is 0 Å². The van der Waals surface area contributed by atoms with Gasteiger partial charge in [0.2, 0.25) is 5.91 Å². The van der Waals surface area contributed by atoms with Gasteiger partial charge in [-0.2, -0.15) is 0 Å². The minimum Gasteiger partial charge on any atom is -0.326 e. The lowest BCUT2D eigenvalue weighted by atomic mass is 10.1. The van der Waals surface area contributed by atoms with Gasteiger partial charge < -0.3 is 10.2 Å². The van der Waals surface area contributed by atoms with E-state index in [0.29, 0.717) is 17.8 Å². The number of unbranched alkanes of at least 4 members (excludes halogenated alkanes) is 1. The van der Waals surface area contributed by atoms with E-state index in [0.717, 1.165) is 17.7 Å². The zero-order valence-corrected chi connectivity index (χ0v) is 15.1. The number of anilines is 1. The molecule has 0 fully saturated rings. The monoisotopic (exact) mass is 348 g/mol. The summed E-state index contributed by atoms with van der Waals surface area (Å²) >= 11 is 0. The summed E-state index contributed by atoms with van der Waals surface area (Å²) in [7, 11) is 0. The van der Waals surface area contributed by atoms with Crippen LogP contribution in [0.2, 0.25) is 0 Å². The molecule has 26 heavy (non-hydrogen) atoms. The summed E-state index contributed by atoms with van der Waals surface area (Å²) in [4.78, 5) is 26.3. The Morgan fingerprint density at radius 1 is 1.08 bits per heavy atom. The lowest BCUT2D eigenvalue weighted by Crippen LogP contribution is -2.27. The Hall–Kier alpha value is -2.88. The zero-order chi connectivity index (χ0) is 18.5. The summed E-state index contributed by atoms with van der Waals surface area (Å²) < 4.78 is 0. The molecular weight excluding hydrogens is 324 g/mol. The summed E-state index contributed by atoms with van der Waals surface area (Å²) in [6.07, 6.45) is 3.63. The Balaban J connectivity index is 1.53. The van der Waals surface area contributed by atoms with Gasteiger partial charge in [-0.25, -0.2) is 0 Å². The molecule has 2 amide bonds. The van der Waals surface area contributed by atoms with Crippen molar-refractivity contribution in [1.82, 2.24) is 4.90 Å². The maximum absolute atomic E-state index is 12.4. The number of carbonyl (C=O) groups is 2. The standard InChI is InChI=1S/C22H24N2O2/c1-3-4-7-17-10-12-18(13-11-17)23-21(25)14-15-24-16(2)19-8-5-6-9-20(19)22(24)26/h5-6,8-13H,2-4,7,14-15H2,1H3,(H,23,25). The Kier molecular flexibility index (Phi) is 5.52. The molecule has 2 aromatic carbocycles. The number of fused-ring (bicyclic) bond motifs is 1. The van der Waals surface area contributed by atoms with Gasteiger partial charge in [0, 0.05) is 35.5 Å². The third-order valence-electron chi connectivity index (χ3n) is 4.66. The summed E-state index contributed by atoms with van der Waals surface area (Å²) in [6, 6.07) is 15.4. The van der Waals surface area contributed by atoms with E-state index in [4.69, 9.17) is 0 Å². The van der Waals surface area contributed by atoms with E-state index in [1.54, 1.807) is 11.0 Å². The predicted octanol–water partition coefficient (Wildman–Crippen LogP) is 4.48. The molecule has 0 aliphatic carbocycles. The first-order valence-corrected chi connectivity index (χ1v) is 9.09. The second kappa shape index (κ2) is 8.00. The van der Waals surface area contributed by atoms with Gasteiger partial charge in [-0.3, -0.25) is 9.59 Å². The fourth-order valence-electron chi connectivity index (χ4n) is 3.14. The minimum absolute atomic E-state index is 0.0846. The number of rotatable bonds is 7. The molecule has 0 radical (unpaired) electrons. The summed E-state index contributed by atoms with van der Waals surface area (Å²) in [5, 5.41) is 2.89. The summed E-state index contributed by atoms with van der Waals surface area (Å²) in [5.74, 6) is -0.193. The van der Waals surface area contributed by atoms with Crippen molar-refractivity contribution in [3.8, 4) is 0 Å². The number of carbonyl (C=O) groups excluding carboxylic acids is 2. The van der Waals surface area contributed by atoms with Crippen molar-refractivity contribution < 1.29 is 9.59 Å². The molecule has 0 saturated heterocycles. The van der Waals surface area contributed by atoms with Crippen LogP contribution in [0.3, 0.4) is 0 Å². The van der Waals surface area contributed by atoms with E-state index < -0.39 is 0 Å². The number of benzene rings is 2. The number of amides is 2. The maximum Gasteiger partial charge on any atom is 0.258 e. The van der Waals surface area contributed by atoms with E-state index in [9.17, 15) is 9.59 Å². The van der Waals surface area contributed by atoms with Crippen molar-refractivity contribution in [2.45, 2.75) is 32.6 Å². The predicted molar refractivity (Wildman–Crippen MR) is 105 cm³/mol. The second-order valence-electron chi connectivity index (χ2n) is 6.55. The Bertz CT molecular complexity index is 789. The first kappa shape index (κ1) is 17.9. The number of nitrogens with zero attached hydrogens (tertiary/aromatic N) is 1. The van der Waals surface area contributed by atoms with Gasteiger partial charge in [0.1, 0.15) is 0 Å². The molecular formula is C22H24N2O2. The molecule has 0 unspecified atom stereocenters. The molecule has 2 aromatic rings. The van der Waals surface area contributed by atoms with Crippen molar-refractivity contribution in [1.29, 1.82) is 0 Å². The molecule has 0 spiro atoms. The summed E-state index contributed by atoms with van der Waals surface area (Å²) in [6.45, 7) is 6.50. The SMILES string of the molecule is C=C1c2ccccc2C(=O)N1CCC(=O)Nc1ccc(CCCC)cc1. The van der Waals surface area contributed by atoms with Crippen LogP contribution in [-0.2, 0) is 11.2 Å². The number of aryl methyl sites for hydroxylation is 1. The first-order valence-electron chi connectivity index (χ1n) is 9.09. The number of nitrogens with one attached hydrogen (secondary N) is 1. The van der Waals surface area contributed by atoms with E-state index in [-0.39, 0.29) is 18.2 Å². The van der Waals surface area contributed by atoms with Crippen LogP contribution in [-0.4, -0.2) is 23.3 Å². The molecule has 1 N–H and O–H groups in total. The van der Waals surface area contributed by atoms with Crippen LogP contribution in [0.15, 0.2) is 55.1 Å². The average Bonchev–Trinajstić information content (AvgIpc) is 2.90. The van der Waals surface area contributed by atoms with Crippen LogP contribution in [0.1, 0.15) is 47.7 Å². The fraction of sp³-hybridized carbons (Fsp3) is 0.273. The molecule has 0 bridgehead atoms. The van der Waals surface area contributed by atoms with Crippen LogP contribution >= 0.6 is 0 Å². The molecule has 4 heteroatoms. The first-order chi connectivity index (χ1) is 12.6. The molecule has 1 aliphatic heterocycles. The fourth-order valence-corrected chi connectivity index (χ4v) is 3.14. The highest BCUT2D eigenvalue weighted by Gasteiger charge is 2.30. The molecule has 3 rings (SSSR count). The molecule has 1 aliphatic rings. The van der Waals surface area contributed by atoms with E-state index in [1.807, 2.05) is 42.5 Å². The minimum atomic E-state index is -0.108. The lowest BCUT2D eigenvalue weighted by Gasteiger charge is -2.17. The molecule has 4 nitrogen and oxygen atoms in total. The molecule has 0 saturated carbocycles. The van der Waals surface area contributed by atoms with Crippen LogP contribution in [0.25, 0.3) is 5.70 Å². The lowest BCUT2D eigenvalue weighted by molar-refractivity contribution is -0.116. The molecule has 0 aromatic heterocycles. The van der Waals surface area contributed by atoms with E-state index in [2.05, 4.69) is 18.8 Å². The van der Waals surface area contributed by atoms with Crippen molar-refractivity contribution in [2.75, 3.05) is 11.9 Å². The molecule has 0 atom stereocenters. The number of hydrogen-bond acceptors (Lipinski definition) is 2. The average molecular weight is 348 g/mol. The summed E-state index contributed by atoms with van der Waals surface area (Å²) in [5.41, 5.74) is 4.23. The number of hydrogen-bond donors (Lipinski definition) is 1. The second-order valence-corrected chi connectivity index (χ2v) is 6.55. The van der Waals surface area contributed by atoms with Crippen LogP contribution < -0.4 is 5.32 Å². The highest BCUT2D eigenvalue weighted by Crippen LogP contribution is 2.31. The Morgan fingerprint density at radius 2 is 1.77 bits per heavy atom. The van der Waals surface area contributed by atoms with Gasteiger partial charge in [-0.15, -0.1) is 0 Å². The van der Waals surface area contributed by atoms with Gasteiger partial charge in [-0.1, -0.05) is 50.3 Å². The van der Waals surface area contributed by atoms with Gasteiger partial charge >= 0.3 is 0 Å². The van der Waals surface area contributed by atoms with Crippen molar-refractivity contribution >= 4 is 23.2 Å². The molecule has 1 heterocycles. The Labute approximate surface area is 154 Å². The van der Waals surface area contributed by atoms with E-state index >= 15 is 0 Å². The van der Waals surface area contributed by atoms with Crippen LogP contribution in [0.4, 0.5) is 5.69 Å². The molecule has 134 valence electrons. The zero-order valence-electron chi connectivity index (χ0n) is 15.1. The largest absolute Gasteiger partial charge is 0.326 e. The van der Waals surface area contributed by atoms with Crippen molar-refractivity contribution in [3.63, 3.8) is 0 Å². The van der Waals surface area contributed by atoms with E-state index in [1.165, 1.54) is 18.4 Å². The Morgan fingerprint density at radius 3 is 2.42 bits per heavy atom. The highest BCUT2D eigenvalue weighted by molar-refractivity contribution is 6.09.